The summed E-state index contributed by atoms with van der Waals surface area (Å²) < 4.78 is 17.1. The number of hydrogen-bond acceptors (Lipinski definition) is 5. The Hall–Kier alpha value is -1.17. The minimum absolute atomic E-state index is 0.180. The summed E-state index contributed by atoms with van der Waals surface area (Å²) in [4.78, 5) is 2.50. The molecule has 21 heavy (non-hydrogen) atoms. The first-order valence-electron chi connectivity index (χ1n) is 7.70. The molecule has 1 aliphatic carbocycles. The molecule has 1 aromatic heterocycles. The van der Waals surface area contributed by atoms with Crippen molar-refractivity contribution < 1.29 is 14.0 Å². The first kappa shape index (κ1) is 14.8. The lowest BCUT2D eigenvalue weighted by atomic mass is 10.1. The number of morpholine rings is 1. The van der Waals surface area contributed by atoms with Crippen LogP contribution in [0.3, 0.4) is 0 Å². The lowest BCUT2D eigenvalue weighted by Crippen LogP contribution is -2.51. The third-order valence-electron chi connectivity index (χ3n) is 4.62. The molecule has 116 valence electrons. The van der Waals surface area contributed by atoms with Crippen molar-refractivity contribution in [3.63, 3.8) is 0 Å². The Morgan fingerprint density at radius 3 is 3.00 bits per heavy atom. The standard InChI is InChI=1S/C16H24N2O3/c1-4-8-19-15-6-5-14-16(15)20-9-7-18(14)10-13-11(2)17-21-12(13)3/h4,14-16H,1,5-10H2,2-3H3/t14-,15+,16+/m0/s1. The zero-order valence-electron chi connectivity index (χ0n) is 12.9. The van der Waals surface area contributed by atoms with Gasteiger partial charge in [0.15, 0.2) is 0 Å². The molecule has 5 heteroatoms. The lowest BCUT2D eigenvalue weighted by Gasteiger charge is -2.39. The first-order chi connectivity index (χ1) is 10.2. The minimum Gasteiger partial charge on any atom is -0.373 e. The third-order valence-corrected chi connectivity index (χ3v) is 4.62. The number of fused-ring (bicyclic) bond motifs is 1. The van der Waals surface area contributed by atoms with Gasteiger partial charge >= 0.3 is 0 Å². The molecule has 2 fully saturated rings. The van der Waals surface area contributed by atoms with Gasteiger partial charge in [0.2, 0.25) is 0 Å². The fourth-order valence-corrected chi connectivity index (χ4v) is 3.49. The van der Waals surface area contributed by atoms with E-state index in [-0.39, 0.29) is 12.2 Å². The van der Waals surface area contributed by atoms with Crippen LogP contribution in [0.1, 0.15) is 29.9 Å². The monoisotopic (exact) mass is 292 g/mol. The van der Waals surface area contributed by atoms with Gasteiger partial charge in [-0.3, -0.25) is 4.90 Å². The van der Waals surface area contributed by atoms with Gasteiger partial charge in [-0.25, -0.2) is 0 Å². The fraction of sp³-hybridized carbons (Fsp3) is 0.688. The molecule has 0 unspecified atom stereocenters. The first-order valence-corrected chi connectivity index (χ1v) is 7.70. The van der Waals surface area contributed by atoms with E-state index in [0.29, 0.717) is 12.6 Å². The fourth-order valence-electron chi connectivity index (χ4n) is 3.49. The molecule has 0 N–H and O–H groups in total. The van der Waals surface area contributed by atoms with Gasteiger partial charge in [-0.05, 0) is 26.7 Å². The molecule has 5 nitrogen and oxygen atoms in total. The summed E-state index contributed by atoms with van der Waals surface area (Å²) in [6.45, 7) is 10.9. The van der Waals surface area contributed by atoms with Crippen LogP contribution in [-0.2, 0) is 16.0 Å². The van der Waals surface area contributed by atoms with Crippen molar-refractivity contribution in [2.24, 2.45) is 0 Å². The van der Waals surface area contributed by atoms with Crippen LogP contribution in [0.5, 0.6) is 0 Å². The summed E-state index contributed by atoms with van der Waals surface area (Å²) in [7, 11) is 0. The average molecular weight is 292 g/mol. The Morgan fingerprint density at radius 1 is 1.43 bits per heavy atom. The molecule has 1 saturated heterocycles. The lowest BCUT2D eigenvalue weighted by molar-refractivity contribution is -0.111. The van der Waals surface area contributed by atoms with Gasteiger partial charge in [0, 0.05) is 24.7 Å². The Labute approximate surface area is 125 Å². The average Bonchev–Trinajstić information content (AvgIpc) is 3.04. The number of nitrogens with zero attached hydrogens (tertiary/aromatic N) is 2. The zero-order valence-corrected chi connectivity index (χ0v) is 12.9. The maximum atomic E-state index is 5.98. The molecular formula is C16H24N2O3. The van der Waals surface area contributed by atoms with E-state index in [1.54, 1.807) is 6.08 Å². The highest BCUT2D eigenvalue weighted by molar-refractivity contribution is 5.21. The van der Waals surface area contributed by atoms with Gasteiger partial charge in [0.25, 0.3) is 0 Å². The number of rotatable bonds is 5. The molecule has 0 bridgehead atoms. The molecule has 2 aliphatic rings. The molecule has 3 rings (SSSR count). The van der Waals surface area contributed by atoms with E-state index in [9.17, 15) is 0 Å². The summed E-state index contributed by atoms with van der Waals surface area (Å²) >= 11 is 0. The molecular weight excluding hydrogens is 268 g/mol. The molecule has 1 aliphatic heterocycles. The predicted octanol–water partition coefficient (Wildman–Crippen LogP) is 2.23. The van der Waals surface area contributed by atoms with Gasteiger partial charge in [-0.1, -0.05) is 11.2 Å². The number of ether oxygens (including phenoxy) is 2. The Kier molecular flexibility index (Phi) is 4.42. The van der Waals surface area contributed by atoms with Crippen LogP contribution in [0.15, 0.2) is 17.2 Å². The van der Waals surface area contributed by atoms with E-state index in [2.05, 4.69) is 16.6 Å². The maximum Gasteiger partial charge on any atom is 0.138 e. The molecule has 1 saturated carbocycles. The van der Waals surface area contributed by atoms with E-state index in [1.165, 1.54) is 5.56 Å². The summed E-state index contributed by atoms with van der Waals surface area (Å²) in [6, 6.07) is 0.433. The van der Waals surface area contributed by atoms with E-state index < -0.39 is 0 Å². The van der Waals surface area contributed by atoms with E-state index in [1.807, 2.05) is 13.8 Å². The third kappa shape index (κ3) is 2.91. The molecule has 0 amide bonds. The summed E-state index contributed by atoms with van der Waals surface area (Å²) in [5.41, 5.74) is 2.21. The van der Waals surface area contributed by atoms with Crippen LogP contribution in [0.2, 0.25) is 0 Å². The molecule has 2 heterocycles. The number of aromatic nitrogens is 1. The molecule has 0 radical (unpaired) electrons. The van der Waals surface area contributed by atoms with Gasteiger partial charge in [0.05, 0.1) is 31.1 Å². The van der Waals surface area contributed by atoms with Crippen molar-refractivity contribution in [2.45, 2.75) is 51.5 Å². The van der Waals surface area contributed by atoms with E-state index in [0.717, 1.165) is 44.0 Å². The van der Waals surface area contributed by atoms with Crippen LogP contribution in [0.4, 0.5) is 0 Å². The van der Waals surface area contributed by atoms with E-state index >= 15 is 0 Å². The highest BCUT2D eigenvalue weighted by atomic mass is 16.5. The molecule has 0 spiro atoms. The highest BCUT2D eigenvalue weighted by Crippen LogP contribution is 2.33. The van der Waals surface area contributed by atoms with Crippen LogP contribution in [0, 0.1) is 13.8 Å². The normalized spacial score (nSPS) is 29.5. The second-order valence-electron chi connectivity index (χ2n) is 5.91. The zero-order chi connectivity index (χ0) is 14.8. The van der Waals surface area contributed by atoms with Gasteiger partial charge in [-0.15, -0.1) is 6.58 Å². The quantitative estimate of drug-likeness (QED) is 0.779. The van der Waals surface area contributed by atoms with Crippen LogP contribution >= 0.6 is 0 Å². The number of hydrogen-bond donors (Lipinski definition) is 0. The van der Waals surface area contributed by atoms with Crippen LogP contribution in [-0.4, -0.2) is 48.1 Å². The molecule has 0 aromatic carbocycles. The maximum absolute atomic E-state index is 5.98. The topological polar surface area (TPSA) is 47.7 Å². The van der Waals surface area contributed by atoms with Crippen LogP contribution in [0.25, 0.3) is 0 Å². The van der Waals surface area contributed by atoms with Gasteiger partial charge in [-0.2, -0.15) is 0 Å². The molecule has 1 aromatic rings. The van der Waals surface area contributed by atoms with Crippen molar-refractivity contribution >= 4 is 0 Å². The smallest absolute Gasteiger partial charge is 0.138 e. The van der Waals surface area contributed by atoms with Crippen molar-refractivity contribution in [1.82, 2.24) is 10.1 Å². The van der Waals surface area contributed by atoms with E-state index in [4.69, 9.17) is 14.0 Å². The van der Waals surface area contributed by atoms with Crippen molar-refractivity contribution in [1.29, 1.82) is 0 Å². The SMILES string of the molecule is C=CCO[C@@H]1CC[C@H]2[C@H]1OCCN2Cc1c(C)noc1C. The largest absolute Gasteiger partial charge is 0.373 e. The Morgan fingerprint density at radius 2 is 2.29 bits per heavy atom. The second kappa shape index (κ2) is 6.30. The van der Waals surface area contributed by atoms with Crippen molar-refractivity contribution in [3.8, 4) is 0 Å². The second-order valence-corrected chi connectivity index (χ2v) is 5.91. The van der Waals surface area contributed by atoms with Crippen molar-refractivity contribution in [3.05, 3.63) is 29.7 Å². The molecule has 3 atom stereocenters. The summed E-state index contributed by atoms with van der Waals surface area (Å²) in [5.74, 6) is 0.924. The summed E-state index contributed by atoms with van der Waals surface area (Å²) in [6.07, 6.45) is 4.36. The number of aryl methyl sites for hydroxylation is 2. The van der Waals surface area contributed by atoms with Gasteiger partial charge in [0.1, 0.15) is 5.76 Å². The van der Waals surface area contributed by atoms with Crippen LogP contribution < -0.4 is 0 Å². The Balaban J connectivity index is 1.69. The predicted molar refractivity (Wildman–Crippen MR) is 79.1 cm³/mol. The highest BCUT2D eigenvalue weighted by Gasteiger charge is 2.43. The van der Waals surface area contributed by atoms with Gasteiger partial charge < -0.3 is 14.0 Å². The van der Waals surface area contributed by atoms with Crippen molar-refractivity contribution in [2.75, 3.05) is 19.8 Å². The Bertz CT molecular complexity index is 480. The minimum atomic E-state index is 0.180. The summed E-state index contributed by atoms with van der Waals surface area (Å²) in [5, 5.41) is 4.05.